The van der Waals surface area contributed by atoms with Gasteiger partial charge in [0.1, 0.15) is 6.04 Å². The van der Waals surface area contributed by atoms with Gasteiger partial charge in [0, 0.05) is 22.0 Å². The molecule has 0 heterocycles. The molecule has 29 heavy (non-hydrogen) atoms. The maximum absolute atomic E-state index is 13.1. The van der Waals surface area contributed by atoms with Gasteiger partial charge < -0.3 is 10.2 Å². The number of thioether (sulfide) groups is 1. The Labute approximate surface area is 183 Å². The van der Waals surface area contributed by atoms with Crippen LogP contribution in [-0.4, -0.2) is 34.0 Å². The third-order valence-electron chi connectivity index (χ3n) is 4.31. The molecule has 2 amide bonds. The molecule has 6 heteroatoms. The number of carbonyl (C=O) groups excluding carboxylic acids is 2. The number of hydrogen-bond acceptors (Lipinski definition) is 3. The lowest BCUT2D eigenvalue weighted by Gasteiger charge is -2.31. The monoisotopic (exact) mass is 432 g/mol. The predicted molar refractivity (Wildman–Crippen MR) is 121 cm³/mol. The fraction of sp³-hybridized carbons (Fsp3) is 0.391. The van der Waals surface area contributed by atoms with Gasteiger partial charge >= 0.3 is 0 Å². The van der Waals surface area contributed by atoms with E-state index in [0.717, 1.165) is 10.5 Å². The molecule has 2 aromatic rings. The number of benzene rings is 2. The molecule has 1 unspecified atom stereocenters. The van der Waals surface area contributed by atoms with Crippen molar-refractivity contribution in [3.05, 3.63) is 64.7 Å². The molecule has 0 fully saturated rings. The SMILES string of the molecule is Cc1ccc(SCC(=O)N(Cc2ccc(Cl)cc2)C(C)C(=O)NC(C)(C)C)cc1. The molecule has 1 atom stereocenters. The summed E-state index contributed by atoms with van der Waals surface area (Å²) in [4.78, 5) is 28.5. The summed E-state index contributed by atoms with van der Waals surface area (Å²) in [7, 11) is 0. The molecule has 0 saturated heterocycles. The van der Waals surface area contributed by atoms with Crippen LogP contribution in [0.2, 0.25) is 5.02 Å². The van der Waals surface area contributed by atoms with Crippen LogP contribution in [0.5, 0.6) is 0 Å². The summed E-state index contributed by atoms with van der Waals surface area (Å²) in [5.41, 5.74) is 1.74. The van der Waals surface area contributed by atoms with E-state index in [1.807, 2.05) is 64.1 Å². The molecule has 0 radical (unpaired) electrons. The van der Waals surface area contributed by atoms with Crippen LogP contribution in [-0.2, 0) is 16.1 Å². The van der Waals surface area contributed by atoms with Crippen molar-refractivity contribution < 1.29 is 9.59 Å². The van der Waals surface area contributed by atoms with E-state index in [-0.39, 0.29) is 23.1 Å². The summed E-state index contributed by atoms with van der Waals surface area (Å²) >= 11 is 7.45. The molecule has 2 rings (SSSR count). The van der Waals surface area contributed by atoms with E-state index >= 15 is 0 Å². The van der Waals surface area contributed by atoms with E-state index in [1.165, 1.54) is 17.3 Å². The van der Waals surface area contributed by atoms with Gasteiger partial charge in [-0.2, -0.15) is 0 Å². The van der Waals surface area contributed by atoms with Gasteiger partial charge in [-0.1, -0.05) is 41.4 Å². The van der Waals surface area contributed by atoms with Gasteiger partial charge in [-0.05, 0) is 64.4 Å². The largest absolute Gasteiger partial charge is 0.350 e. The van der Waals surface area contributed by atoms with Crippen molar-refractivity contribution >= 4 is 35.2 Å². The minimum atomic E-state index is -0.587. The standard InChI is InChI=1S/C23H29ClN2O2S/c1-16-6-12-20(13-7-16)29-15-21(27)26(14-18-8-10-19(24)11-9-18)17(2)22(28)25-23(3,4)5/h6-13,17H,14-15H2,1-5H3,(H,25,28). The number of nitrogens with one attached hydrogen (secondary N) is 1. The summed E-state index contributed by atoms with van der Waals surface area (Å²) in [5.74, 6) is 0.0197. The maximum atomic E-state index is 13.1. The number of rotatable bonds is 7. The van der Waals surface area contributed by atoms with Gasteiger partial charge in [-0.25, -0.2) is 0 Å². The van der Waals surface area contributed by atoms with Crippen LogP contribution in [0.1, 0.15) is 38.8 Å². The predicted octanol–water partition coefficient (Wildman–Crippen LogP) is 5.07. The lowest BCUT2D eigenvalue weighted by atomic mass is 10.1. The first-order chi connectivity index (χ1) is 13.5. The van der Waals surface area contributed by atoms with E-state index in [0.29, 0.717) is 11.6 Å². The number of hydrogen-bond donors (Lipinski definition) is 1. The van der Waals surface area contributed by atoms with Crippen molar-refractivity contribution in [2.45, 2.75) is 57.6 Å². The van der Waals surface area contributed by atoms with Crippen molar-refractivity contribution in [1.82, 2.24) is 10.2 Å². The Kier molecular flexibility index (Phi) is 8.17. The highest BCUT2D eigenvalue weighted by Crippen LogP contribution is 2.21. The van der Waals surface area contributed by atoms with Gasteiger partial charge in [-0.15, -0.1) is 11.8 Å². The molecule has 0 spiro atoms. The van der Waals surface area contributed by atoms with E-state index < -0.39 is 6.04 Å². The Morgan fingerprint density at radius 1 is 1.07 bits per heavy atom. The quantitative estimate of drug-likeness (QED) is 0.621. The summed E-state index contributed by atoms with van der Waals surface area (Å²) in [5, 5.41) is 3.61. The Morgan fingerprint density at radius 2 is 1.66 bits per heavy atom. The van der Waals surface area contributed by atoms with Gasteiger partial charge in [0.25, 0.3) is 0 Å². The van der Waals surface area contributed by atoms with Crippen LogP contribution in [0.3, 0.4) is 0 Å². The van der Waals surface area contributed by atoms with Crippen molar-refractivity contribution in [2.24, 2.45) is 0 Å². The van der Waals surface area contributed by atoms with Crippen LogP contribution >= 0.6 is 23.4 Å². The third kappa shape index (κ3) is 7.75. The molecule has 0 saturated carbocycles. The van der Waals surface area contributed by atoms with Gasteiger partial charge in [-0.3, -0.25) is 9.59 Å². The third-order valence-corrected chi connectivity index (χ3v) is 5.56. The molecule has 4 nitrogen and oxygen atoms in total. The fourth-order valence-corrected chi connectivity index (χ4v) is 3.62. The number of nitrogens with zero attached hydrogens (tertiary/aromatic N) is 1. The number of halogens is 1. The topological polar surface area (TPSA) is 49.4 Å². The first-order valence-corrected chi connectivity index (χ1v) is 11.0. The lowest BCUT2D eigenvalue weighted by molar-refractivity contribution is -0.139. The minimum Gasteiger partial charge on any atom is -0.350 e. The van der Waals surface area contributed by atoms with Crippen molar-refractivity contribution in [3.63, 3.8) is 0 Å². The highest BCUT2D eigenvalue weighted by molar-refractivity contribution is 8.00. The number of amides is 2. The molecule has 0 aromatic heterocycles. The van der Waals surface area contributed by atoms with Crippen LogP contribution in [0, 0.1) is 6.92 Å². The minimum absolute atomic E-state index is 0.0814. The second kappa shape index (κ2) is 10.2. The van der Waals surface area contributed by atoms with E-state index in [9.17, 15) is 9.59 Å². The molecule has 0 bridgehead atoms. The second-order valence-electron chi connectivity index (χ2n) is 8.17. The van der Waals surface area contributed by atoms with Gasteiger partial charge in [0.05, 0.1) is 5.75 Å². The molecule has 0 aliphatic heterocycles. The molecule has 0 aliphatic rings. The average molecular weight is 433 g/mol. The molecule has 2 aromatic carbocycles. The van der Waals surface area contributed by atoms with Crippen molar-refractivity contribution in [1.29, 1.82) is 0 Å². The highest BCUT2D eigenvalue weighted by Gasteiger charge is 2.28. The second-order valence-corrected chi connectivity index (χ2v) is 9.65. The first kappa shape index (κ1) is 23.3. The fourth-order valence-electron chi connectivity index (χ4n) is 2.71. The Morgan fingerprint density at radius 3 is 2.21 bits per heavy atom. The van der Waals surface area contributed by atoms with E-state index in [2.05, 4.69) is 5.32 Å². The van der Waals surface area contributed by atoms with Crippen LogP contribution in [0.15, 0.2) is 53.4 Å². The molecule has 1 N–H and O–H groups in total. The molecule has 156 valence electrons. The van der Waals surface area contributed by atoms with Crippen LogP contribution in [0.4, 0.5) is 0 Å². The summed E-state index contributed by atoms with van der Waals surface area (Å²) in [6, 6.07) is 14.8. The summed E-state index contributed by atoms with van der Waals surface area (Å²) in [6.45, 7) is 9.93. The number of aryl methyl sites for hydroxylation is 1. The summed E-state index contributed by atoms with van der Waals surface area (Å²) < 4.78 is 0. The normalized spacial score (nSPS) is 12.3. The first-order valence-electron chi connectivity index (χ1n) is 9.60. The summed E-state index contributed by atoms with van der Waals surface area (Å²) in [6.07, 6.45) is 0. The zero-order valence-corrected chi connectivity index (χ0v) is 19.2. The van der Waals surface area contributed by atoms with Crippen molar-refractivity contribution in [3.8, 4) is 0 Å². The Bertz CT molecular complexity index is 829. The van der Waals surface area contributed by atoms with Gasteiger partial charge in [0.15, 0.2) is 0 Å². The molecular formula is C23H29ClN2O2S. The highest BCUT2D eigenvalue weighted by atomic mass is 35.5. The zero-order valence-electron chi connectivity index (χ0n) is 17.7. The molecular weight excluding hydrogens is 404 g/mol. The van der Waals surface area contributed by atoms with Crippen LogP contribution < -0.4 is 5.32 Å². The Balaban J connectivity index is 2.15. The number of carbonyl (C=O) groups is 2. The maximum Gasteiger partial charge on any atom is 0.242 e. The molecule has 0 aliphatic carbocycles. The average Bonchev–Trinajstić information content (AvgIpc) is 2.65. The van der Waals surface area contributed by atoms with Crippen molar-refractivity contribution in [2.75, 3.05) is 5.75 Å². The van der Waals surface area contributed by atoms with Crippen LogP contribution in [0.25, 0.3) is 0 Å². The smallest absolute Gasteiger partial charge is 0.242 e. The van der Waals surface area contributed by atoms with Gasteiger partial charge in [0.2, 0.25) is 11.8 Å². The van der Waals surface area contributed by atoms with E-state index in [4.69, 9.17) is 11.6 Å². The Hall–Kier alpha value is -1.98. The zero-order chi connectivity index (χ0) is 21.6. The lowest BCUT2D eigenvalue weighted by Crippen LogP contribution is -2.52. The van der Waals surface area contributed by atoms with E-state index in [1.54, 1.807) is 24.0 Å².